The Morgan fingerprint density at radius 1 is 1.33 bits per heavy atom. The number of rotatable bonds is 7. The van der Waals surface area contributed by atoms with Gasteiger partial charge in [0.2, 0.25) is 0 Å². The standard InChI is InChI=1S/C20H23N3O3S/c21-12-15-3-5-18(6-4-15)26-14-17(24)13-23-9-7-16(8-10-23)22-20(25)19-2-1-11-27-19/h1-6,11,16-17,24H,7-10,13-14H2,(H,22,25). The quantitative estimate of drug-likeness (QED) is 0.764. The zero-order valence-electron chi connectivity index (χ0n) is 15.0. The molecule has 2 heterocycles. The highest BCUT2D eigenvalue weighted by Gasteiger charge is 2.23. The molecule has 1 aromatic carbocycles. The van der Waals surface area contributed by atoms with Gasteiger partial charge in [0.15, 0.2) is 0 Å². The molecule has 1 unspecified atom stereocenters. The SMILES string of the molecule is N#Cc1ccc(OCC(O)CN2CCC(NC(=O)c3cccs3)CC2)cc1. The molecule has 7 heteroatoms. The van der Waals surface area contributed by atoms with Gasteiger partial charge in [0, 0.05) is 25.7 Å². The zero-order valence-corrected chi connectivity index (χ0v) is 15.8. The number of β-amino-alcohol motifs (C(OH)–C–C–N with tert-alkyl or cyclic N) is 1. The van der Waals surface area contributed by atoms with Crippen molar-refractivity contribution in [2.75, 3.05) is 26.2 Å². The molecule has 1 fully saturated rings. The van der Waals surface area contributed by atoms with E-state index in [4.69, 9.17) is 10.00 Å². The minimum atomic E-state index is -0.585. The summed E-state index contributed by atoms with van der Waals surface area (Å²) in [5.41, 5.74) is 0.580. The molecule has 3 rings (SSSR count). The van der Waals surface area contributed by atoms with Gasteiger partial charge >= 0.3 is 0 Å². The molecule has 1 atom stereocenters. The van der Waals surface area contributed by atoms with E-state index >= 15 is 0 Å². The lowest BCUT2D eigenvalue weighted by Gasteiger charge is -2.33. The van der Waals surface area contributed by atoms with Crippen LogP contribution in [-0.4, -0.2) is 54.3 Å². The summed E-state index contributed by atoms with van der Waals surface area (Å²) in [7, 11) is 0. The largest absolute Gasteiger partial charge is 0.491 e. The van der Waals surface area contributed by atoms with Gasteiger partial charge in [-0.2, -0.15) is 5.26 Å². The van der Waals surface area contributed by atoms with Crippen LogP contribution in [-0.2, 0) is 0 Å². The molecule has 142 valence electrons. The highest BCUT2D eigenvalue weighted by atomic mass is 32.1. The molecule has 2 aromatic rings. The van der Waals surface area contributed by atoms with E-state index < -0.39 is 6.10 Å². The summed E-state index contributed by atoms with van der Waals surface area (Å²) < 4.78 is 5.58. The molecule has 6 nitrogen and oxygen atoms in total. The number of piperidine rings is 1. The molecule has 2 N–H and O–H groups in total. The average molecular weight is 385 g/mol. The number of carbonyl (C=O) groups is 1. The fourth-order valence-electron chi connectivity index (χ4n) is 3.09. The molecule has 1 saturated heterocycles. The van der Waals surface area contributed by atoms with Gasteiger partial charge in [-0.05, 0) is 48.6 Å². The van der Waals surface area contributed by atoms with Crippen LogP contribution >= 0.6 is 11.3 Å². The number of benzene rings is 1. The number of aliphatic hydroxyl groups is 1. The van der Waals surface area contributed by atoms with Crippen molar-refractivity contribution in [3.63, 3.8) is 0 Å². The van der Waals surface area contributed by atoms with Crippen molar-refractivity contribution in [1.82, 2.24) is 10.2 Å². The highest BCUT2D eigenvalue weighted by Crippen LogP contribution is 2.15. The second kappa shape index (κ2) is 9.51. The van der Waals surface area contributed by atoms with Crippen LogP contribution in [0.1, 0.15) is 28.1 Å². The Morgan fingerprint density at radius 3 is 2.70 bits per heavy atom. The molecular weight excluding hydrogens is 362 g/mol. The molecular formula is C20H23N3O3S. The van der Waals surface area contributed by atoms with Crippen LogP contribution in [0.3, 0.4) is 0 Å². The van der Waals surface area contributed by atoms with Crippen LogP contribution in [0.4, 0.5) is 0 Å². The van der Waals surface area contributed by atoms with E-state index in [-0.39, 0.29) is 18.6 Å². The van der Waals surface area contributed by atoms with E-state index in [0.29, 0.717) is 17.9 Å². The van der Waals surface area contributed by atoms with Crippen molar-refractivity contribution in [2.45, 2.75) is 25.0 Å². The van der Waals surface area contributed by atoms with Crippen LogP contribution in [0.25, 0.3) is 0 Å². The Kier molecular flexibility index (Phi) is 6.82. The predicted molar refractivity (Wildman–Crippen MR) is 104 cm³/mol. The normalized spacial score (nSPS) is 16.4. The van der Waals surface area contributed by atoms with E-state index in [2.05, 4.69) is 16.3 Å². The Bertz CT molecular complexity index is 763. The van der Waals surface area contributed by atoms with E-state index in [9.17, 15) is 9.90 Å². The summed E-state index contributed by atoms with van der Waals surface area (Å²) in [4.78, 5) is 15.0. The summed E-state index contributed by atoms with van der Waals surface area (Å²) in [6, 6.07) is 12.8. The van der Waals surface area contributed by atoms with Crippen molar-refractivity contribution in [1.29, 1.82) is 5.26 Å². The third-order valence-electron chi connectivity index (χ3n) is 4.56. The van der Waals surface area contributed by atoms with Gasteiger partial charge in [0.25, 0.3) is 5.91 Å². The van der Waals surface area contributed by atoms with Crippen molar-refractivity contribution in [3.8, 4) is 11.8 Å². The molecule has 1 amide bonds. The molecule has 1 aliphatic heterocycles. The van der Waals surface area contributed by atoms with Crippen LogP contribution in [0.15, 0.2) is 41.8 Å². The van der Waals surface area contributed by atoms with E-state index in [0.717, 1.165) is 30.8 Å². The molecule has 0 spiro atoms. The third-order valence-corrected chi connectivity index (χ3v) is 5.43. The number of hydrogen-bond acceptors (Lipinski definition) is 6. The van der Waals surface area contributed by atoms with Crippen LogP contribution in [0, 0.1) is 11.3 Å². The molecule has 0 saturated carbocycles. The predicted octanol–water partition coefficient (Wildman–Crippen LogP) is 2.25. The van der Waals surface area contributed by atoms with Gasteiger partial charge in [-0.1, -0.05) is 6.07 Å². The number of nitrogens with one attached hydrogen (secondary N) is 1. The topological polar surface area (TPSA) is 85.6 Å². The fraction of sp³-hybridized carbons (Fsp3) is 0.400. The molecule has 0 radical (unpaired) electrons. The first kappa shape index (κ1) is 19.4. The van der Waals surface area contributed by atoms with Gasteiger partial charge in [0.1, 0.15) is 18.5 Å². The maximum absolute atomic E-state index is 12.1. The van der Waals surface area contributed by atoms with Gasteiger partial charge in [-0.15, -0.1) is 11.3 Å². The number of thiophene rings is 1. The Balaban J connectivity index is 1.35. The first-order valence-corrected chi connectivity index (χ1v) is 9.90. The number of aliphatic hydroxyl groups excluding tert-OH is 1. The minimum Gasteiger partial charge on any atom is -0.491 e. The van der Waals surface area contributed by atoms with Crippen LogP contribution < -0.4 is 10.1 Å². The first-order valence-electron chi connectivity index (χ1n) is 9.02. The monoisotopic (exact) mass is 385 g/mol. The average Bonchev–Trinajstić information content (AvgIpc) is 3.23. The summed E-state index contributed by atoms with van der Waals surface area (Å²) in [6.07, 6.45) is 1.17. The minimum absolute atomic E-state index is 0.000647. The first-order chi connectivity index (χ1) is 13.1. The van der Waals surface area contributed by atoms with E-state index in [1.165, 1.54) is 11.3 Å². The number of likely N-dealkylation sites (tertiary alicyclic amines) is 1. The summed E-state index contributed by atoms with van der Waals surface area (Å²) >= 11 is 1.45. The number of ether oxygens (including phenoxy) is 1. The van der Waals surface area contributed by atoms with Crippen molar-refractivity contribution >= 4 is 17.2 Å². The van der Waals surface area contributed by atoms with Crippen molar-refractivity contribution < 1.29 is 14.6 Å². The summed E-state index contributed by atoms with van der Waals surface area (Å²) in [5, 5.41) is 24.0. The van der Waals surface area contributed by atoms with Crippen LogP contribution in [0.5, 0.6) is 5.75 Å². The lowest BCUT2D eigenvalue weighted by Crippen LogP contribution is -2.47. The lowest BCUT2D eigenvalue weighted by molar-refractivity contribution is 0.0568. The van der Waals surface area contributed by atoms with Crippen LogP contribution in [0.2, 0.25) is 0 Å². The lowest BCUT2D eigenvalue weighted by atomic mass is 10.0. The zero-order chi connectivity index (χ0) is 19.1. The number of carbonyl (C=O) groups excluding carboxylic acids is 1. The smallest absolute Gasteiger partial charge is 0.261 e. The number of nitrogens with zero attached hydrogens (tertiary/aromatic N) is 2. The molecule has 1 aromatic heterocycles. The van der Waals surface area contributed by atoms with Crippen molar-refractivity contribution in [2.24, 2.45) is 0 Å². The Morgan fingerprint density at radius 2 is 2.07 bits per heavy atom. The van der Waals surface area contributed by atoms with E-state index in [1.807, 2.05) is 17.5 Å². The summed E-state index contributed by atoms with van der Waals surface area (Å²) in [5.74, 6) is 0.641. The highest BCUT2D eigenvalue weighted by molar-refractivity contribution is 7.12. The molecule has 1 aliphatic rings. The Hall–Kier alpha value is -2.40. The number of nitriles is 1. The number of hydrogen-bond donors (Lipinski definition) is 2. The van der Waals surface area contributed by atoms with Gasteiger partial charge in [-0.25, -0.2) is 0 Å². The molecule has 0 bridgehead atoms. The fourth-order valence-corrected chi connectivity index (χ4v) is 3.72. The van der Waals surface area contributed by atoms with E-state index in [1.54, 1.807) is 24.3 Å². The second-order valence-corrected chi connectivity index (χ2v) is 7.57. The summed E-state index contributed by atoms with van der Waals surface area (Å²) in [6.45, 7) is 2.43. The molecule has 27 heavy (non-hydrogen) atoms. The maximum Gasteiger partial charge on any atom is 0.261 e. The van der Waals surface area contributed by atoms with Gasteiger partial charge in [0.05, 0.1) is 16.5 Å². The number of amides is 1. The molecule has 0 aliphatic carbocycles. The second-order valence-electron chi connectivity index (χ2n) is 6.63. The van der Waals surface area contributed by atoms with Gasteiger partial charge in [-0.3, -0.25) is 4.79 Å². The Labute approximate surface area is 163 Å². The van der Waals surface area contributed by atoms with Gasteiger partial charge < -0.3 is 20.1 Å². The van der Waals surface area contributed by atoms with Crippen molar-refractivity contribution in [3.05, 3.63) is 52.2 Å². The third kappa shape index (κ3) is 5.79. The maximum atomic E-state index is 12.1.